The van der Waals surface area contributed by atoms with Gasteiger partial charge in [-0.1, -0.05) is 15.9 Å². The fourth-order valence-corrected chi connectivity index (χ4v) is 1.28. The Morgan fingerprint density at radius 2 is 2.33 bits per heavy atom. The highest BCUT2D eigenvalue weighted by Gasteiger charge is 1.99. The van der Waals surface area contributed by atoms with Crippen LogP contribution in [0.4, 0.5) is 0 Å². The molecule has 4 heteroatoms. The molecule has 0 aliphatic carbocycles. The van der Waals surface area contributed by atoms with Gasteiger partial charge in [-0.15, -0.1) is 0 Å². The Kier molecular flexibility index (Phi) is 3.23. The molecule has 0 bridgehead atoms. The van der Waals surface area contributed by atoms with Crippen LogP contribution < -0.4 is 11.3 Å². The van der Waals surface area contributed by atoms with Gasteiger partial charge in [0.05, 0.1) is 11.6 Å². The topological polar surface area (TPSA) is 61.8 Å². The second kappa shape index (κ2) is 4.21. The molecule has 0 aromatic heterocycles. The molecule has 3 nitrogen and oxygen atoms in total. The van der Waals surface area contributed by atoms with Crippen molar-refractivity contribution >= 4 is 15.9 Å². The molecular weight excluding hydrogens is 218 g/mol. The first-order valence-electron chi connectivity index (χ1n) is 3.40. The Hall–Kier alpha value is -0.890. The first kappa shape index (κ1) is 9.20. The normalized spacial score (nSPS) is 9.42. The molecule has 0 heterocycles. The van der Waals surface area contributed by atoms with Crippen LogP contribution in [0.25, 0.3) is 0 Å². The Bertz CT molecular complexity index is 317. The van der Waals surface area contributed by atoms with E-state index in [9.17, 15) is 0 Å². The van der Waals surface area contributed by atoms with Crippen molar-refractivity contribution in [2.45, 2.75) is 6.54 Å². The molecule has 1 rings (SSSR count). The fraction of sp³-hybridized carbons (Fsp3) is 0.125. The molecule has 1 aromatic rings. The highest BCUT2D eigenvalue weighted by atomic mass is 79.9. The van der Waals surface area contributed by atoms with Crippen LogP contribution in [-0.2, 0) is 6.54 Å². The molecule has 12 heavy (non-hydrogen) atoms. The highest BCUT2D eigenvalue weighted by molar-refractivity contribution is 9.10. The van der Waals surface area contributed by atoms with E-state index in [0.717, 1.165) is 10.0 Å². The second-order valence-corrected chi connectivity index (χ2v) is 3.15. The molecule has 3 N–H and O–H groups in total. The number of hydrogen-bond acceptors (Lipinski definition) is 3. The summed E-state index contributed by atoms with van der Waals surface area (Å²) in [7, 11) is 0. The van der Waals surface area contributed by atoms with Crippen LogP contribution in [0.5, 0.6) is 0 Å². The quantitative estimate of drug-likeness (QED) is 0.589. The van der Waals surface area contributed by atoms with Gasteiger partial charge in [0, 0.05) is 11.0 Å². The van der Waals surface area contributed by atoms with Gasteiger partial charge in [0.25, 0.3) is 0 Å². The molecule has 0 fully saturated rings. The molecule has 0 spiro atoms. The van der Waals surface area contributed by atoms with E-state index in [0.29, 0.717) is 12.1 Å². The first-order chi connectivity index (χ1) is 5.77. The van der Waals surface area contributed by atoms with Crippen molar-refractivity contribution in [1.29, 1.82) is 5.26 Å². The summed E-state index contributed by atoms with van der Waals surface area (Å²) < 4.78 is 0.958. The van der Waals surface area contributed by atoms with E-state index in [1.54, 1.807) is 12.1 Å². The minimum atomic E-state index is 0.552. The third-order valence-electron chi connectivity index (χ3n) is 1.47. The summed E-state index contributed by atoms with van der Waals surface area (Å²) in [6.07, 6.45) is 0. The van der Waals surface area contributed by atoms with E-state index in [2.05, 4.69) is 27.4 Å². The molecule has 62 valence electrons. The zero-order valence-corrected chi connectivity index (χ0v) is 7.93. The van der Waals surface area contributed by atoms with Crippen LogP contribution in [0.2, 0.25) is 0 Å². The van der Waals surface area contributed by atoms with Crippen LogP contribution in [0, 0.1) is 11.3 Å². The third kappa shape index (κ3) is 2.05. The maximum atomic E-state index is 8.60. The number of hydrazine groups is 1. The van der Waals surface area contributed by atoms with Crippen molar-refractivity contribution in [1.82, 2.24) is 5.43 Å². The van der Waals surface area contributed by atoms with Crippen LogP contribution in [0.3, 0.4) is 0 Å². The predicted molar refractivity (Wildman–Crippen MR) is 49.9 cm³/mol. The Labute approximate surface area is 79.3 Å². The standard InChI is InChI=1S/C8H8BrN3/c9-8-2-1-6(4-10)3-7(8)5-12-11/h1-3,12H,5,11H2. The average Bonchev–Trinajstić information content (AvgIpc) is 2.09. The van der Waals surface area contributed by atoms with Crippen LogP contribution in [0.15, 0.2) is 22.7 Å². The van der Waals surface area contributed by atoms with Gasteiger partial charge >= 0.3 is 0 Å². The number of hydrogen-bond donors (Lipinski definition) is 2. The number of nitriles is 1. The zero-order chi connectivity index (χ0) is 8.97. The highest BCUT2D eigenvalue weighted by Crippen LogP contribution is 2.17. The van der Waals surface area contributed by atoms with E-state index in [-0.39, 0.29) is 0 Å². The smallest absolute Gasteiger partial charge is 0.0991 e. The van der Waals surface area contributed by atoms with Gasteiger partial charge in [0.2, 0.25) is 0 Å². The number of rotatable bonds is 2. The maximum Gasteiger partial charge on any atom is 0.0991 e. The van der Waals surface area contributed by atoms with Gasteiger partial charge in [0.1, 0.15) is 0 Å². The molecule has 0 aliphatic heterocycles. The summed E-state index contributed by atoms with van der Waals surface area (Å²) in [5, 5.41) is 8.60. The summed E-state index contributed by atoms with van der Waals surface area (Å²) in [6, 6.07) is 7.45. The number of halogens is 1. The minimum absolute atomic E-state index is 0.552. The van der Waals surface area contributed by atoms with Gasteiger partial charge in [-0.3, -0.25) is 11.3 Å². The summed E-state index contributed by atoms with van der Waals surface area (Å²) in [5.41, 5.74) is 4.16. The van der Waals surface area contributed by atoms with Crippen LogP contribution in [-0.4, -0.2) is 0 Å². The molecule has 0 amide bonds. The van der Waals surface area contributed by atoms with E-state index in [4.69, 9.17) is 11.1 Å². The van der Waals surface area contributed by atoms with E-state index >= 15 is 0 Å². The first-order valence-corrected chi connectivity index (χ1v) is 4.19. The van der Waals surface area contributed by atoms with Gasteiger partial charge < -0.3 is 0 Å². The Morgan fingerprint density at radius 1 is 1.58 bits per heavy atom. The number of benzene rings is 1. The van der Waals surface area contributed by atoms with E-state index in [1.165, 1.54) is 0 Å². The summed E-state index contributed by atoms with van der Waals surface area (Å²) >= 11 is 3.36. The van der Waals surface area contributed by atoms with Gasteiger partial charge in [-0.05, 0) is 23.8 Å². The molecular formula is C8H8BrN3. The molecule has 1 aromatic carbocycles. The van der Waals surface area contributed by atoms with Crippen molar-refractivity contribution in [2.24, 2.45) is 5.84 Å². The maximum absolute atomic E-state index is 8.60. The van der Waals surface area contributed by atoms with Crippen molar-refractivity contribution in [2.75, 3.05) is 0 Å². The molecule has 0 radical (unpaired) electrons. The molecule has 0 saturated carbocycles. The van der Waals surface area contributed by atoms with Crippen LogP contribution >= 0.6 is 15.9 Å². The van der Waals surface area contributed by atoms with Gasteiger partial charge in [-0.25, -0.2) is 0 Å². The predicted octanol–water partition coefficient (Wildman–Crippen LogP) is 1.28. The third-order valence-corrected chi connectivity index (χ3v) is 2.24. The summed E-state index contributed by atoms with van der Waals surface area (Å²) in [4.78, 5) is 0. The zero-order valence-electron chi connectivity index (χ0n) is 6.34. The lowest BCUT2D eigenvalue weighted by Crippen LogP contribution is -2.21. The van der Waals surface area contributed by atoms with Crippen molar-refractivity contribution < 1.29 is 0 Å². The largest absolute Gasteiger partial charge is 0.271 e. The van der Waals surface area contributed by atoms with Crippen molar-refractivity contribution in [3.63, 3.8) is 0 Å². The molecule has 0 aliphatic rings. The van der Waals surface area contributed by atoms with Crippen molar-refractivity contribution in [3.8, 4) is 6.07 Å². The Morgan fingerprint density at radius 3 is 2.92 bits per heavy atom. The number of nitrogens with one attached hydrogen (secondary N) is 1. The summed E-state index contributed by atoms with van der Waals surface area (Å²) in [5.74, 6) is 5.17. The lowest BCUT2D eigenvalue weighted by Gasteiger charge is -2.02. The summed E-state index contributed by atoms with van der Waals surface area (Å²) in [6.45, 7) is 0.552. The van der Waals surface area contributed by atoms with E-state index < -0.39 is 0 Å². The molecule has 0 unspecified atom stereocenters. The average molecular weight is 226 g/mol. The monoisotopic (exact) mass is 225 g/mol. The minimum Gasteiger partial charge on any atom is -0.271 e. The van der Waals surface area contributed by atoms with E-state index in [1.807, 2.05) is 6.07 Å². The fourth-order valence-electron chi connectivity index (χ4n) is 0.890. The molecule has 0 atom stereocenters. The van der Waals surface area contributed by atoms with Crippen molar-refractivity contribution in [3.05, 3.63) is 33.8 Å². The lowest BCUT2D eigenvalue weighted by molar-refractivity contribution is 0.739. The number of nitrogens with zero attached hydrogens (tertiary/aromatic N) is 1. The van der Waals surface area contributed by atoms with Gasteiger partial charge in [-0.2, -0.15) is 5.26 Å². The number of nitrogens with two attached hydrogens (primary N) is 1. The SMILES string of the molecule is N#Cc1ccc(Br)c(CNN)c1. The van der Waals surface area contributed by atoms with Gasteiger partial charge in [0.15, 0.2) is 0 Å². The Balaban J connectivity index is 3.01. The lowest BCUT2D eigenvalue weighted by atomic mass is 10.1. The second-order valence-electron chi connectivity index (χ2n) is 2.30. The molecule has 0 saturated heterocycles. The van der Waals surface area contributed by atoms with Crippen LogP contribution in [0.1, 0.15) is 11.1 Å².